The van der Waals surface area contributed by atoms with Gasteiger partial charge in [-0.05, 0) is 0 Å². The second-order valence-electron chi connectivity index (χ2n) is 0.447. The summed E-state index contributed by atoms with van der Waals surface area (Å²) < 4.78 is 0. The Bertz CT molecular complexity index is 69.1. The van der Waals surface area contributed by atoms with Crippen molar-refractivity contribution in [2.75, 3.05) is 0 Å². The summed E-state index contributed by atoms with van der Waals surface area (Å²) in [6.07, 6.45) is 0. The average Bonchev–Trinajstić information content (AvgIpc) is 1.25. The number of nitrogens with zero attached hydrogens (tertiary/aromatic N) is 2. The molecule has 1 radical (unpaired) electrons. The zero-order valence-corrected chi connectivity index (χ0v) is 5.03. The van der Waals surface area contributed by atoms with Crippen molar-refractivity contribution in [3.63, 3.8) is 0 Å². The van der Waals surface area contributed by atoms with Crippen LogP contribution in [0.3, 0.4) is 0 Å². The normalized spacial score (nSPS) is 5.33. The molecule has 0 saturated heterocycles. The number of hydrogen-bond acceptors (Lipinski definition) is 6. The molecule has 0 aromatic carbocycles. The fourth-order valence-electron chi connectivity index (χ4n) is 0. The summed E-state index contributed by atoms with van der Waals surface area (Å²) in [6.45, 7) is 0. The van der Waals surface area contributed by atoms with Gasteiger partial charge in [0.05, 0.1) is 10.2 Å². The van der Waals surface area contributed by atoms with Crippen molar-refractivity contribution in [1.29, 1.82) is 0 Å². The summed E-state index contributed by atoms with van der Waals surface area (Å²) >= 11 is 0. The molecule has 51 valence electrons. The monoisotopic (exact) mass is 176 g/mol. The van der Waals surface area contributed by atoms with E-state index in [1.165, 1.54) is 0 Å². The van der Waals surface area contributed by atoms with Crippen molar-refractivity contribution in [3.8, 4) is 0 Å². The molecule has 0 saturated carbocycles. The van der Waals surface area contributed by atoms with Crippen molar-refractivity contribution in [2.45, 2.75) is 0 Å². The van der Waals surface area contributed by atoms with Crippen LogP contribution >= 0.6 is 0 Å². The number of rotatable bonds is 0. The second kappa shape index (κ2) is 10.0. The number of hydrogen-bond donors (Lipinski definition) is 0. The van der Waals surface area contributed by atoms with Crippen molar-refractivity contribution < 1.29 is 27.5 Å². The Kier molecular flexibility index (Phi) is 17.5. The predicted molar refractivity (Wildman–Crippen MR) is 20.7 cm³/mol. The molecule has 0 amide bonds. The minimum Gasteiger partial charge on any atom is -0.356 e. The minimum absolute atomic E-state index is 0. The molecule has 8 nitrogen and oxygen atoms in total. The van der Waals surface area contributed by atoms with Crippen LogP contribution in [0.5, 0.6) is 0 Å². The Balaban J connectivity index is -0.0000000720. The Morgan fingerprint density at radius 3 is 0.778 bits per heavy atom. The topological polar surface area (TPSA) is 132 Å². The van der Waals surface area contributed by atoms with Gasteiger partial charge in [0.2, 0.25) is 0 Å². The molecular weight excluding hydrogens is 176 g/mol. The Morgan fingerprint density at radius 2 is 0.778 bits per heavy atom. The van der Waals surface area contributed by atoms with Gasteiger partial charge in [0, 0.05) is 0 Å². The summed E-state index contributed by atoms with van der Waals surface area (Å²) in [6, 6.07) is 0. The third-order valence-electron chi connectivity index (χ3n) is 0. The quantitative estimate of drug-likeness (QED) is 0.361. The first-order valence-electron chi connectivity index (χ1n) is 1.10. The zero-order valence-electron chi connectivity index (χ0n) is 3.75. The molecule has 0 fully saturated rings. The van der Waals surface area contributed by atoms with Crippen LogP contribution in [0.2, 0.25) is 0 Å². The second-order valence-corrected chi connectivity index (χ2v) is 0.447. The molecule has 0 heterocycles. The van der Waals surface area contributed by atoms with Crippen molar-refractivity contribution in [2.24, 2.45) is 0 Å². The molecule has 0 bridgehead atoms. The molecule has 0 aromatic rings. The van der Waals surface area contributed by atoms with Gasteiger partial charge in [-0.3, -0.25) is 0 Å². The fourth-order valence-corrected chi connectivity index (χ4v) is 0. The van der Waals surface area contributed by atoms with Crippen LogP contribution in [0.25, 0.3) is 0 Å². The van der Waals surface area contributed by atoms with E-state index in [1.807, 2.05) is 0 Å². The standard InChI is InChI=1S/Cr.2NO3/c;2*2-1(3)4/q+3;2*-1. The minimum atomic E-state index is -1.75. The van der Waals surface area contributed by atoms with Crippen LogP contribution in [-0.2, 0) is 17.4 Å². The SMILES string of the molecule is O=[N+]([O-])[O-].O=[N+]([O-])[O-].[Cr+3]. The Hall–Kier alpha value is -1.07. The van der Waals surface area contributed by atoms with Gasteiger partial charge in [-0.25, -0.2) is 0 Å². The van der Waals surface area contributed by atoms with Crippen LogP contribution in [0.4, 0.5) is 0 Å². The summed E-state index contributed by atoms with van der Waals surface area (Å²) in [5, 5.41) is 29.5. The first-order valence-corrected chi connectivity index (χ1v) is 1.10. The van der Waals surface area contributed by atoms with Gasteiger partial charge in [-0.15, -0.1) is 0 Å². The van der Waals surface area contributed by atoms with Crippen LogP contribution in [0, 0.1) is 30.6 Å². The maximum Gasteiger partial charge on any atom is 3.00 e. The van der Waals surface area contributed by atoms with Crippen molar-refractivity contribution in [3.05, 3.63) is 30.6 Å². The molecule has 0 aromatic heterocycles. The predicted octanol–water partition coefficient (Wildman–Crippen LogP) is -0.481. The smallest absolute Gasteiger partial charge is 0.356 e. The van der Waals surface area contributed by atoms with E-state index in [0.29, 0.717) is 0 Å². The Morgan fingerprint density at radius 1 is 0.778 bits per heavy atom. The average molecular weight is 176 g/mol. The van der Waals surface area contributed by atoms with E-state index < -0.39 is 10.2 Å². The molecule has 0 spiro atoms. The summed E-state index contributed by atoms with van der Waals surface area (Å²) in [5.74, 6) is 0. The van der Waals surface area contributed by atoms with E-state index in [2.05, 4.69) is 0 Å². The Labute approximate surface area is 59.1 Å². The van der Waals surface area contributed by atoms with Crippen LogP contribution in [0.1, 0.15) is 0 Å². The van der Waals surface area contributed by atoms with Gasteiger partial charge in [-0.1, -0.05) is 0 Å². The van der Waals surface area contributed by atoms with E-state index in [-0.39, 0.29) is 17.4 Å². The van der Waals surface area contributed by atoms with Gasteiger partial charge >= 0.3 is 17.4 Å². The maximum atomic E-state index is 8.25. The zero-order chi connectivity index (χ0) is 7.15. The summed E-state index contributed by atoms with van der Waals surface area (Å²) in [5.41, 5.74) is 0. The van der Waals surface area contributed by atoms with E-state index >= 15 is 0 Å². The third kappa shape index (κ3) is 148. The largest absolute Gasteiger partial charge is 3.00 e. The van der Waals surface area contributed by atoms with Crippen molar-refractivity contribution in [1.82, 2.24) is 0 Å². The molecule has 0 aliphatic rings. The van der Waals surface area contributed by atoms with E-state index in [1.54, 1.807) is 0 Å². The first-order chi connectivity index (χ1) is 3.46. The summed E-state index contributed by atoms with van der Waals surface area (Å²) in [4.78, 5) is 16.5. The molecule has 0 aliphatic heterocycles. The van der Waals surface area contributed by atoms with E-state index in [9.17, 15) is 0 Å². The molecule has 0 aliphatic carbocycles. The van der Waals surface area contributed by atoms with Crippen molar-refractivity contribution >= 4 is 0 Å². The van der Waals surface area contributed by atoms with Crippen LogP contribution in [-0.4, -0.2) is 10.2 Å². The fraction of sp³-hybridized carbons (Fsp3) is 0. The molecule has 0 rings (SSSR count). The summed E-state index contributed by atoms with van der Waals surface area (Å²) in [7, 11) is 0. The molecule has 9 heteroatoms. The molecule has 0 unspecified atom stereocenters. The van der Waals surface area contributed by atoms with Gasteiger partial charge in [0.1, 0.15) is 0 Å². The molecule has 9 heavy (non-hydrogen) atoms. The van der Waals surface area contributed by atoms with Gasteiger partial charge < -0.3 is 30.6 Å². The van der Waals surface area contributed by atoms with Crippen LogP contribution in [0.15, 0.2) is 0 Å². The van der Waals surface area contributed by atoms with Gasteiger partial charge in [0.15, 0.2) is 0 Å². The van der Waals surface area contributed by atoms with E-state index in [4.69, 9.17) is 30.6 Å². The van der Waals surface area contributed by atoms with Crippen LogP contribution < -0.4 is 0 Å². The maximum absolute atomic E-state index is 8.25. The third-order valence-corrected chi connectivity index (χ3v) is 0. The molecule has 0 atom stereocenters. The van der Waals surface area contributed by atoms with Gasteiger partial charge in [0.25, 0.3) is 0 Å². The molecule has 0 N–H and O–H groups in total. The first kappa shape index (κ1) is 15.7. The molecular formula is CrN2O6+. The van der Waals surface area contributed by atoms with E-state index in [0.717, 1.165) is 0 Å². The van der Waals surface area contributed by atoms with Gasteiger partial charge in [-0.2, -0.15) is 0 Å².